The van der Waals surface area contributed by atoms with Crippen molar-refractivity contribution in [2.75, 3.05) is 18.8 Å². The summed E-state index contributed by atoms with van der Waals surface area (Å²) in [5.74, 6) is 0. The number of anilines is 1. The van der Waals surface area contributed by atoms with Gasteiger partial charge in [-0.1, -0.05) is 30.7 Å². The van der Waals surface area contributed by atoms with Crippen LogP contribution in [0.25, 0.3) is 0 Å². The van der Waals surface area contributed by atoms with Gasteiger partial charge in [0.15, 0.2) is 0 Å². The number of nitrogens with zero attached hydrogens (tertiary/aromatic N) is 1. The van der Waals surface area contributed by atoms with Gasteiger partial charge in [0.2, 0.25) is 10.0 Å². The van der Waals surface area contributed by atoms with Crippen LogP contribution in [0, 0.1) is 0 Å². The molecule has 1 aromatic rings. The molecule has 1 rings (SSSR count). The Kier molecular flexibility index (Phi) is 4.78. The molecule has 0 aliphatic carbocycles. The van der Waals surface area contributed by atoms with Gasteiger partial charge in [0.05, 0.1) is 15.6 Å². The summed E-state index contributed by atoms with van der Waals surface area (Å²) in [5.41, 5.74) is 6.71. The molecule has 100 valence electrons. The van der Waals surface area contributed by atoms with E-state index < -0.39 is 10.0 Å². The highest BCUT2D eigenvalue weighted by Crippen LogP contribution is 2.24. The highest BCUT2D eigenvalue weighted by atomic mass is 35.5. The fourth-order valence-electron chi connectivity index (χ4n) is 1.49. The standard InChI is InChI=1S/C12H17ClN2O2S/c1-4-15(8-9(2)3)18(16,17)10-5-6-12(14)11(13)7-10/h5-7H,2,4,8,14H2,1,3H3. The number of hydrogen-bond acceptors (Lipinski definition) is 3. The number of halogens is 1. The Bertz CT molecular complexity index is 555. The smallest absolute Gasteiger partial charge is 0.243 e. The molecular formula is C12H17ClN2O2S. The van der Waals surface area contributed by atoms with E-state index in [1.807, 2.05) is 0 Å². The van der Waals surface area contributed by atoms with Gasteiger partial charge in [-0.05, 0) is 25.1 Å². The second-order valence-electron chi connectivity index (χ2n) is 4.07. The molecule has 0 saturated carbocycles. The molecule has 2 N–H and O–H groups in total. The summed E-state index contributed by atoms with van der Waals surface area (Å²) in [4.78, 5) is 0.143. The van der Waals surface area contributed by atoms with Crippen LogP contribution in [0.15, 0.2) is 35.2 Å². The van der Waals surface area contributed by atoms with Gasteiger partial charge < -0.3 is 5.73 Å². The molecule has 0 heterocycles. The number of nitrogens with two attached hydrogens (primary N) is 1. The van der Waals surface area contributed by atoms with E-state index in [1.54, 1.807) is 13.8 Å². The first-order valence-electron chi connectivity index (χ1n) is 5.48. The van der Waals surface area contributed by atoms with Crippen molar-refractivity contribution in [2.45, 2.75) is 18.7 Å². The van der Waals surface area contributed by atoms with Crippen molar-refractivity contribution in [2.24, 2.45) is 0 Å². The third kappa shape index (κ3) is 3.25. The molecule has 0 atom stereocenters. The zero-order valence-electron chi connectivity index (χ0n) is 10.5. The number of rotatable bonds is 5. The molecule has 0 aliphatic rings. The second kappa shape index (κ2) is 5.73. The van der Waals surface area contributed by atoms with Crippen molar-refractivity contribution >= 4 is 27.3 Å². The van der Waals surface area contributed by atoms with E-state index in [2.05, 4.69) is 6.58 Å². The van der Waals surface area contributed by atoms with Crippen molar-refractivity contribution in [3.05, 3.63) is 35.4 Å². The Morgan fingerprint density at radius 1 is 1.50 bits per heavy atom. The Morgan fingerprint density at radius 3 is 2.56 bits per heavy atom. The number of benzene rings is 1. The number of likely N-dealkylation sites (N-methyl/N-ethyl adjacent to an activating group) is 1. The SMILES string of the molecule is C=C(C)CN(CC)S(=O)(=O)c1ccc(N)c(Cl)c1. The van der Waals surface area contributed by atoms with Crippen LogP contribution in [0.5, 0.6) is 0 Å². The molecule has 18 heavy (non-hydrogen) atoms. The summed E-state index contributed by atoms with van der Waals surface area (Å²) < 4.78 is 26.0. The van der Waals surface area contributed by atoms with Gasteiger partial charge in [0, 0.05) is 13.1 Å². The van der Waals surface area contributed by atoms with Gasteiger partial charge in [-0.2, -0.15) is 4.31 Å². The lowest BCUT2D eigenvalue weighted by molar-refractivity contribution is 0.453. The molecule has 0 amide bonds. The van der Waals surface area contributed by atoms with E-state index in [4.69, 9.17) is 17.3 Å². The van der Waals surface area contributed by atoms with E-state index >= 15 is 0 Å². The maximum atomic E-state index is 12.3. The Hall–Kier alpha value is -1.04. The summed E-state index contributed by atoms with van der Waals surface area (Å²) in [5, 5.41) is 0.238. The van der Waals surface area contributed by atoms with Crippen molar-refractivity contribution in [3.63, 3.8) is 0 Å². The zero-order valence-corrected chi connectivity index (χ0v) is 12.1. The highest BCUT2D eigenvalue weighted by Gasteiger charge is 2.23. The molecule has 0 spiro atoms. The fraction of sp³-hybridized carbons (Fsp3) is 0.333. The molecular weight excluding hydrogens is 272 g/mol. The normalized spacial score (nSPS) is 11.8. The van der Waals surface area contributed by atoms with Crippen LogP contribution >= 0.6 is 11.6 Å². The summed E-state index contributed by atoms with van der Waals surface area (Å²) >= 11 is 5.85. The largest absolute Gasteiger partial charge is 0.398 e. The highest BCUT2D eigenvalue weighted by molar-refractivity contribution is 7.89. The Balaban J connectivity index is 3.18. The third-order valence-electron chi connectivity index (χ3n) is 2.41. The topological polar surface area (TPSA) is 63.4 Å². The lowest BCUT2D eigenvalue weighted by Gasteiger charge is -2.20. The van der Waals surface area contributed by atoms with Crippen LogP contribution < -0.4 is 5.73 Å². The summed E-state index contributed by atoms with van der Waals surface area (Å²) in [6, 6.07) is 4.31. The lowest BCUT2D eigenvalue weighted by Crippen LogP contribution is -2.32. The first-order valence-corrected chi connectivity index (χ1v) is 7.30. The van der Waals surface area contributed by atoms with E-state index in [0.717, 1.165) is 5.57 Å². The van der Waals surface area contributed by atoms with Crippen LogP contribution in [0.2, 0.25) is 5.02 Å². The molecule has 0 saturated heterocycles. The predicted octanol–water partition coefficient (Wildman–Crippen LogP) is 2.51. The van der Waals surface area contributed by atoms with Crippen molar-refractivity contribution in [1.82, 2.24) is 4.31 Å². The van der Waals surface area contributed by atoms with Gasteiger partial charge in [0.1, 0.15) is 0 Å². The zero-order chi connectivity index (χ0) is 13.9. The minimum atomic E-state index is -3.55. The number of sulfonamides is 1. The monoisotopic (exact) mass is 288 g/mol. The first-order chi connectivity index (χ1) is 8.28. The molecule has 0 aliphatic heterocycles. The quantitative estimate of drug-likeness (QED) is 0.669. The summed E-state index contributed by atoms with van der Waals surface area (Å²) in [6.45, 7) is 7.96. The van der Waals surface area contributed by atoms with Gasteiger partial charge in [-0.15, -0.1) is 0 Å². The average molecular weight is 289 g/mol. The Labute approximate surface area is 113 Å². The molecule has 0 aromatic heterocycles. The first kappa shape index (κ1) is 15.0. The fourth-order valence-corrected chi connectivity index (χ4v) is 3.27. The third-order valence-corrected chi connectivity index (χ3v) is 4.65. The summed E-state index contributed by atoms with van der Waals surface area (Å²) in [7, 11) is -3.55. The van der Waals surface area contributed by atoms with Gasteiger partial charge >= 0.3 is 0 Å². The van der Waals surface area contributed by atoms with Crippen LogP contribution in [-0.4, -0.2) is 25.8 Å². The van der Waals surface area contributed by atoms with Crippen LogP contribution in [0.4, 0.5) is 5.69 Å². The van der Waals surface area contributed by atoms with E-state index in [0.29, 0.717) is 18.8 Å². The predicted molar refractivity (Wildman–Crippen MR) is 75.1 cm³/mol. The molecule has 0 fully saturated rings. The van der Waals surface area contributed by atoms with Crippen LogP contribution in [0.3, 0.4) is 0 Å². The van der Waals surface area contributed by atoms with Crippen LogP contribution in [0.1, 0.15) is 13.8 Å². The maximum Gasteiger partial charge on any atom is 0.243 e. The van der Waals surface area contributed by atoms with Gasteiger partial charge in [-0.25, -0.2) is 8.42 Å². The van der Waals surface area contributed by atoms with Gasteiger partial charge in [-0.3, -0.25) is 0 Å². The molecule has 0 unspecified atom stereocenters. The number of nitrogen functional groups attached to an aromatic ring is 1. The molecule has 0 radical (unpaired) electrons. The van der Waals surface area contributed by atoms with Crippen molar-refractivity contribution in [1.29, 1.82) is 0 Å². The number of hydrogen-bond donors (Lipinski definition) is 1. The molecule has 1 aromatic carbocycles. The second-order valence-corrected chi connectivity index (χ2v) is 6.42. The minimum absolute atomic E-state index is 0.143. The van der Waals surface area contributed by atoms with E-state index in [-0.39, 0.29) is 9.92 Å². The molecule has 4 nitrogen and oxygen atoms in total. The lowest BCUT2D eigenvalue weighted by atomic mass is 10.3. The van der Waals surface area contributed by atoms with Gasteiger partial charge in [0.25, 0.3) is 0 Å². The minimum Gasteiger partial charge on any atom is -0.398 e. The maximum absolute atomic E-state index is 12.3. The van der Waals surface area contributed by atoms with Crippen molar-refractivity contribution < 1.29 is 8.42 Å². The summed E-state index contributed by atoms with van der Waals surface area (Å²) in [6.07, 6.45) is 0. The average Bonchev–Trinajstić information content (AvgIpc) is 2.28. The molecule has 6 heteroatoms. The Morgan fingerprint density at radius 2 is 2.11 bits per heavy atom. The van der Waals surface area contributed by atoms with Crippen LogP contribution in [-0.2, 0) is 10.0 Å². The van der Waals surface area contributed by atoms with E-state index in [9.17, 15) is 8.42 Å². The van der Waals surface area contributed by atoms with Crippen molar-refractivity contribution in [3.8, 4) is 0 Å². The van der Waals surface area contributed by atoms with E-state index in [1.165, 1.54) is 22.5 Å². The molecule has 0 bridgehead atoms.